The molecule has 2 unspecified atom stereocenters. The number of rotatable bonds is 3. The van der Waals surface area contributed by atoms with E-state index in [1.807, 2.05) is 6.07 Å². The Hall–Kier alpha value is -1.13. The van der Waals surface area contributed by atoms with Crippen LogP contribution in [0.1, 0.15) is 30.9 Å². The molecule has 1 aliphatic rings. The zero-order valence-corrected chi connectivity index (χ0v) is 12.8. The standard InChI is InChI=1S/C15H23N3S/c1-10-8-12(4-5-14(10)15(16)19)17-13-6-7-18(3)11(2)9-13/h4-5,8,11,13,17H,6-7,9H2,1-3H3,(H2,16,19). The summed E-state index contributed by atoms with van der Waals surface area (Å²) in [4.78, 5) is 2.89. The Morgan fingerprint density at radius 3 is 2.79 bits per heavy atom. The first-order valence-corrected chi connectivity index (χ1v) is 7.25. The SMILES string of the molecule is Cc1cc(NC2CCN(C)C(C)C2)ccc1C(N)=S. The number of piperidine rings is 1. The fraction of sp³-hybridized carbons (Fsp3) is 0.533. The molecule has 3 nitrogen and oxygen atoms in total. The summed E-state index contributed by atoms with van der Waals surface area (Å²) < 4.78 is 0. The predicted molar refractivity (Wildman–Crippen MR) is 85.8 cm³/mol. The lowest BCUT2D eigenvalue weighted by Crippen LogP contribution is -2.42. The van der Waals surface area contributed by atoms with E-state index in [0.29, 0.717) is 17.1 Å². The molecule has 2 rings (SSSR count). The zero-order valence-electron chi connectivity index (χ0n) is 11.9. The van der Waals surface area contributed by atoms with Gasteiger partial charge in [-0.25, -0.2) is 0 Å². The molecule has 1 heterocycles. The summed E-state index contributed by atoms with van der Waals surface area (Å²) >= 11 is 5.03. The van der Waals surface area contributed by atoms with Crippen molar-refractivity contribution >= 4 is 22.9 Å². The molecule has 3 N–H and O–H groups in total. The number of likely N-dealkylation sites (tertiary alicyclic amines) is 1. The van der Waals surface area contributed by atoms with Gasteiger partial charge >= 0.3 is 0 Å². The van der Waals surface area contributed by atoms with Crippen molar-refractivity contribution in [1.29, 1.82) is 0 Å². The minimum Gasteiger partial charge on any atom is -0.389 e. The Labute approximate surface area is 121 Å². The highest BCUT2D eigenvalue weighted by atomic mass is 32.1. The van der Waals surface area contributed by atoms with Crippen LogP contribution < -0.4 is 11.1 Å². The highest BCUT2D eigenvalue weighted by molar-refractivity contribution is 7.80. The second kappa shape index (κ2) is 5.88. The normalized spacial score (nSPS) is 24.2. The molecule has 0 aliphatic carbocycles. The number of benzene rings is 1. The fourth-order valence-corrected chi connectivity index (χ4v) is 2.92. The Morgan fingerprint density at radius 1 is 1.47 bits per heavy atom. The lowest BCUT2D eigenvalue weighted by molar-refractivity contribution is 0.190. The Kier molecular flexibility index (Phi) is 4.42. The molecule has 1 aromatic rings. The lowest BCUT2D eigenvalue weighted by atomic mass is 9.98. The first-order chi connectivity index (χ1) is 8.97. The van der Waals surface area contributed by atoms with Gasteiger partial charge in [0.1, 0.15) is 4.99 Å². The van der Waals surface area contributed by atoms with Crippen molar-refractivity contribution in [2.75, 3.05) is 18.9 Å². The van der Waals surface area contributed by atoms with Gasteiger partial charge in [0.05, 0.1) is 0 Å². The molecule has 1 aromatic carbocycles. The molecule has 0 aromatic heterocycles. The van der Waals surface area contributed by atoms with Crippen LogP contribution in [0.25, 0.3) is 0 Å². The third-order valence-corrected chi connectivity index (χ3v) is 4.29. The Morgan fingerprint density at radius 2 is 2.21 bits per heavy atom. The lowest BCUT2D eigenvalue weighted by Gasteiger charge is -2.35. The van der Waals surface area contributed by atoms with Gasteiger partial charge in [-0.2, -0.15) is 0 Å². The second-order valence-electron chi connectivity index (χ2n) is 5.59. The topological polar surface area (TPSA) is 41.3 Å². The van der Waals surface area contributed by atoms with E-state index in [9.17, 15) is 0 Å². The maximum atomic E-state index is 5.69. The summed E-state index contributed by atoms with van der Waals surface area (Å²) in [7, 11) is 2.20. The highest BCUT2D eigenvalue weighted by Crippen LogP contribution is 2.21. The average Bonchev–Trinajstić information content (AvgIpc) is 2.33. The zero-order chi connectivity index (χ0) is 14.0. The van der Waals surface area contributed by atoms with E-state index in [1.165, 1.54) is 18.5 Å². The summed E-state index contributed by atoms with van der Waals surface area (Å²) in [6, 6.07) is 7.42. The van der Waals surface area contributed by atoms with Gasteiger partial charge in [0, 0.05) is 29.9 Å². The van der Waals surface area contributed by atoms with E-state index in [4.69, 9.17) is 18.0 Å². The molecular weight excluding hydrogens is 254 g/mol. The number of hydrogen-bond donors (Lipinski definition) is 2. The van der Waals surface area contributed by atoms with Crippen LogP contribution in [0.5, 0.6) is 0 Å². The van der Waals surface area contributed by atoms with Crippen LogP contribution in [0.2, 0.25) is 0 Å². The van der Waals surface area contributed by atoms with Crippen LogP contribution in [0.4, 0.5) is 5.69 Å². The van der Waals surface area contributed by atoms with Gasteiger partial charge in [-0.15, -0.1) is 0 Å². The molecule has 0 amide bonds. The fourth-order valence-electron chi connectivity index (χ4n) is 2.69. The van der Waals surface area contributed by atoms with E-state index in [-0.39, 0.29) is 0 Å². The first kappa shape index (κ1) is 14.3. The van der Waals surface area contributed by atoms with Crippen LogP contribution in [0.15, 0.2) is 18.2 Å². The summed E-state index contributed by atoms with van der Waals surface area (Å²) in [6.07, 6.45) is 2.38. The molecule has 0 spiro atoms. The van der Waals surface area contributed by atoms with Gasteiger partial charge in [0.15, 0.2) is 0 Å². The number of hydrogen-bond acceptors (Lipinski definition) is 3. The van der Waals surface area contributed by atoms with Crippen LogP contribution >= 0.6 is 12.2 Å². The smallest absolute Gasteiger partial charge is 0.104 e. The van der Waals surface area contributed by atoms with Crippen LogP contribution in [0, 0.1) is 6.92 Å². The molecule has 0 bridgehead atoms. The molecule has 1 fully saturated rings. The molecule has 0 radical (unpaired) electrons. The monoisotopic (exact) mass is 277 g/mol. The van der Waals surface area contributed by atoms with Gasteiger partial charge in [-0.3, -0.25) is 0 Å². The Bertz CT molecular complexity index is 472. The van der Waals surface area contributed by atoms with Gasteiger partial charge in [0.25, 0.3) is 0 Å². The molecule has 19 heavy (non-hydrogen) atoms. The third-order valence-electron chi connectivity index (χ3n) is 4.07. The minimum absolute atomic E-state index is 0.469. The van der Waals surface area contributed by atoms with E-state index in [0.717, 1.165) is 17.7 Å². The summed E-state index contributed by atoms with van der Waals surface area (Å²) in [5.74, 6) is 0. The number of nitrogens with two attached hydrogens (primary N) is 1. The largest absolute Gasteiger partial charge is 0.389 e. The van der Waals surface area contributed by atoms with Gasteiger partial charge in [-0.1, -0.05) is 12.2 Å². The number of nitrogens with one attached hydrogen (secondary N) is 1. The van der Waals surface area contributed by atoms with E-state index >= 15 is 0 Å². The van der Waals surface area contributed by atoms with Crippen molar-refractivity contribution in [3.05, 3.63) is 29.3 Å². The number of anilines is 1. The minimum atomic E-state index is 0.469. The average molecular weight is 277 g/mol. The van der Waals surface area contributed by atoms with Crippen molar-refractivity contribution in [3.63, 3.8) is 0 Å². The van der Waals surface area contributed by atoms with E-state index < -0.39 is 0 Å². The third kappa shape index (κ3) is 3.45. The van der Waals surface area contributed by atoms with E-state index in [2.05, 4.69) is 43.2 Å². The molecule has 104 valence electrons. The van der Waals surface area contributed by atoms with Crippen LogP contribution in [0.3, 0.4) is 0 Å². The second-order valence-corrected chi connectivity index (χ2v) is 6.03. The molecule has 4 heteroatoms. The van der Waals surface area contributed by atoms with Crippen molar-refractivity contribution in [2.24, 2.45) is 5.73 Å². The summed E-state index contributed by atoms with van der Waals surface area (Å²) in [5.41, 5.74) is 8.96. The Balaban J connectivity index is 2.04. The van der Waals surface area contributed by atoms with Gasteiger partial charge in [-0.05, 0) is 57.5 Å². The van der Waals surface area contributed by atoms with Crippen molar-refractivity contribution in [1.82, 2.24) is 4.90 Å². The van der Waals surface area contributed by atoms with Crippen LogP contribution in [-0.4, -0.2) is 35.6 Å². The van der Waals surface area contributed by atoms with Gasteiger partial charge in [0.2, 0.25) is 0 Å². The number of aryl methyl sites for hydroxylation is 1. The van der Waals surface area contributed by atoms with Crippen molar-refractivity contribution < 1.29 is 0 Å². The maximum absolute atomic E-state index is 5.69. The molecule has 0 saturated carbocycles. The number of thiocarbonyl (C=S) groups is 1. The molecule has 2 atom stereocenters. The van der Waals surface area contributed by atoms with Crippen molar-refractivity contribution in [2.45, 2.75) is 38.8 Å². The molecular formula is C15H23N3S. The summed E-state index contributed by atoms with van der Waals surface area (Å²) in [6.45, 7) is 5.49. The van der Waals surface area contributed by atoms with Crippen molar-refractivity contribution in [3.8, 4) is 0 Å². The van der Waals surface area contributed by atoms with Gasteiger partial charge < -0.3 is 16.0 Å². The van der Waals surface area contributed by atoms with Crippen LogP contribution in [-0.2, 0) is 0 Å². The molecule has 1 aliphatic heterocycles. The first-order valence-electron chi connectivity index (χ1n) is 6.84. The van der Waals surface area contributed by atoms with E-state index in [1.54, 1.807) is 0 Å². The number of nitrogens with zero attached hydrogens (tertiary/aromatic N) is 1. The predicted octanol–water partition coefficient (Wildman–Crippen LogP) is 2.52. The summed E-state index contributed by atoms with van der Waals surface area (Å²) in [5, 5.41) is 3.63. The highest BCUT2D eigenvalue weighted by Gasteiger charge is 2.22. The molecule has 1 saturated heterocycles. The quantitative estimate of drug-likeness (QED) is 0.833. The maximum Gasteiger partial charge on any atom is 0.104 e.